The number of hydrogen-bond acceptors (Lipinski definition) is 6. The number of hydrogen-bond donors (Lipinski definition) is 0. The summed E-state index contributed by atoms with van der Waals surface area (Å²) < 4.78 is 18.2. The summed E-state index contributed by atoms with van der Waals surface area (Å²) in [6.07, 6.45) is 1.50. The molecule has 2 aromatic rings. The molecule has 0 aromatic carbocycles. The van der Waals surface area contributed by atoms with Crippen molar-refractivity contribution in [2.24, 2.45) is 0 Å². The van der Waals surface area contributed by atoms with Crippen molar-refractivity contribution < 1.29 is 8.91 Å². The van der Waals surface area contributed by atoms with Gasteiger partial charge >= 0.3 is 0 Å². The second-order valence-corrected chi connectivity index (χ2v) is 4.84. The molecule has 106 valence electrons. The molecular formula is C13H16FN5O. The van der Waals surface area contributed by atoms with Crippen LogP contribution in [0.15, 0.2) is 22.9 Å². The third-order valence-corrected chi connectivity index (χ3v) is 3.38. The Kier molecular flexibility index (Phi) is 3.60. The maximum absolute atomic E-state index is 13.1. The van der Waals surface area contributed by atoms with Gasteiger partial charge in [-0.25, -0.2) is 4.98 Å². The van der Waals surface area contributed by atoms with Gasteiger partial charge in [0.15, 0.2) is 5.82 Å². The van der Waals surface area contributed by atoms with E-state index in [2.05, 4.69) is 24.9 Å². The third-order valence-electron chi connectivity index (χ3n) is 3.38. The number of nitrogens with zero attached hydrogens (tertiary/aromatic N) is 5. The molecule has 0 radical (unpaired) electrons. The highest BCUT2D eigenvalue weighted by molar-refractivity contribution is 5.45. The van der Waals surface area contributed by atoms with Crippen LogP contribution in [0.2, 0.25) is 0 Å². The summed E-state index contributed by atoms with van der Waals surface area (Å²) in [5.41, 5.74) is 0.880. The molecule has 0 spiro atoms. The van der Waals surface area contributed by atoms with Crippen molar-refractivity contribution in [1.82, 2.24) is 20.0 Å². The topological polar surface area (TPSA) is 58.3 Å². The standard InChI is InChI=1S/C13H16FN5O/c1-10-16-13(20-17-10)9-18-4-6-19(7-5-18)11-2-3-15-12(14)8-11/h2-3,8H,4-7,9H2,1H3. The van der Waals surface area contributed by atoms with E-state index >= 15 is 0 Å². The molecule has 2 aromatic heterocycles. The summed E-state index contributed by atoms with van der Waals surface area (Å²) in [4.78, 5) is 12.2. The Morgan fingerprint density at radius 2 is 2.10 bits per heavy atom. The molecule has 1 aliphatic rings. The van der Waals surface area contributed by atoms with Crippen LogP contribution < -0.4 is 4.90 Å². The van der Waals surface area contributed by atoms with Gasteiger partial charge in [0, 0.05) is 44.1 Å². The molecule has 1 aliphatic heterocycles. The van der Waals surface area contributed by atoms with E-state index < -0.39 is 5.95 Å². The zero-order valence-corrected chi connectivity index (χ0v) is 11.3. The normalized spacial score (nSPS) is 16.6. The minimum Gasteiger partial charge on any atom is -0.369 e. The minimum absolute atomic E-state index is 0.439. The van der Waals surface area contributed by atoms with Crippen LogP contribution in [0.25, 0.3) is 0 Å². The fourth-order valence-electron chi connectivity index (χ4n) is 2.35. The van der Waals surface area contributed by atoms with Crippen LogP contribution in [0.5, 0.6) is 0 Å². The molecule has 0 unspecified atom stereocenters. The van der Waals surface area contributed by atoms with E-state index in [0.717, 1.165) is 31.9 Å². The van der Waals surface area contributed by atoms with Gasteiger partial charge in [0.2, 0.25) is 11.8 Å². The summed E-state index contributed by atoms with van der Waals surface area (Å²) in [6, 6.07) is 3.30. The summed E-state index contributed by atoms with van der Waals surface area (Å²) in [5, 5.41) is 3.78. The van der Waals surface area contributed by atoms with Gasteiger partial charge in [-0.2, -0.15) is 9.37 Å². The average Bonchev–Trinajstić information content (AvgIpc) is 2.85. The Bertz CT molecular complexity index is 580. The molecule has 3 rings (SSSR count). The quantitative estimate of drug-likeness (QED) is 0.787. The molecule has 1 fully saturated rings. The van der Waals surface area contributed by atoms with Gasteiger partial charge in [-0.1, -0.05) is 5.16 Å². The van der Waals surface area contributed by atoms with Crippen molar-refractivity contribution in [2.45, 2.75) is 13.5 Å². The Labute approximate surface area is 116 Å². The van der Waals surface area contributed by atoms with E-state index in [1.54, 1.807) is 0 Å². The van der Waals surface area contributed by atoms with Crippen LogP contribution in [0, 0.1) is 12.9 Å². The maximum Gasteiger partial charge on any atom is 0.240 e. The molecular weight excluding hydrogens is 261 g/mol. The predicted octanol–water partition coefficient (Wildman–Crippen LogP) is 1.23. The average molecular weight is 277 g/mol. The van der Waals surface area contributed by atoms with Gasteiger partial charge in [0.05, 0.1) is 6.54 Å². The predicted molar refractivity (Wildman–Crippen MR) is 70.7 cm³/mol. The van der Waals surface area contributed by atoms with Crippen molar-refractivity contribution in [3.05, 3.63) is 36.0 Å². The molecule has 0 atom stereocenters. The van der Waals surface area contributed by atoms with Gasteiger partial charge in [-0.05, 0) is 13.0 Å². The van der Waals surface area contributed by atoms with Gasteiger partial charge < -0.3 is 9.42 Å². The Morgan fingerprint density at radius 3 is 2.75 bits per heavy atom. The number of anilines is 1. The lowest BCUT2D eigenvalue weighted by Crippen LogP contribution is -2.46. The van der Waals surface area contributed by atoms with E-state index in [-0.39, 0.29) is 0 Å². The molecule has 0 aliphatic carbocycles. The maximum atomic E-state index is 13.1. The van der Waals surface area contributed by atoms with Crippen LogP contribution in [0.3, 0.4) is 0 Å². The summed E-state index contributed by atoms with van der Waals surface area (Å²) in [7, 11) is 0. The SMILES string of the molecule is Cc1noc(CN2CCN(c3ccnc(F)c3)CC2)n1. The molecule has 0 bridgehead atoms. The van der Waals surface area contributed by atoms with Crippen LogP contribution in [0.4, 0.5) is 10.1 Å². The molecule has 20 heavy (non-hydrogen) atoms. The fourth-order valence-corrected chi connectivity index (χ4v) is 2.35. The van der Waals surface area contributed by atoms with Gasteiger partial charge in [-0.15, -0.1) is 0 Å². The zero-order chi connectivity index (χ0) is 13.9. The first-order valence-electron chi connectivity index (χ1n) is 6.59. The number of rotatable bonds is 3. The first kappa shape index (κ1) is 13.0. The number of halogens is 1. The van der Waals surface area contributed by atoms with E-state index in [0.29, 0.717) is 18.3 Å². The molecule has 0 saturated carbocycles. The van der Waals surface area contributed by atoms with Gasteiger partial charge in [-0.3, -0.25) is 4.90 Å². The Morgan fingerprint density at radius 1 is 1.30 bits per heavy atom. The van der Waals surface area contributed by atoms with Crippen molar-refractivity contribution in [1.29, 1.82) is 0 Å². The molecule has 1 saturated heterocycles. The van der Waals surface area contributed by atoms with Crippen molar-refractivity contribution >= 4 is 5.69 Å². The van der Waals surface area contributed by atoms with Crippen LogP contribution in [-0.2, 0) is 6.54 Å². The second kappa shape index (κ2) is 5.54. The number of pyridine rings is 1. The molecule has 7 heteroatoms. The highest BCUT2D eigenvalue weighted by Gasteiger charge is 2.19. The van der Waals surface area contributed by atoms with Crippen molar-refractivity contribution in [3.8, 4) is 0 Å². The Balaban J connectivity index is 1.57. The number of piperazine rings is 1. The van der Waals surface area contributed by atoms with E-state index in [9.17, 15) is 4.39 Å². The number of aryl methyl sites for hydroxylation is 1. The van der Waals surface area contributed by atoms with Gasteiger partial charge in [0.1, 0.15) is 0 Å². The lowest BCUT2D eigenvalue weighted by Gasteiger charge is -2.35. The van der Waals surface area contributed by atoms with E-state index in [1.807, 2.05) is 13.0 Å². The fraction of sp³-hybridized carbons (Fsp3) is 0.462. The third kappa shape index (κ3) is 2.93. The lowest BCUT2D eigenvalue weighted by atomic mass is 10.2. The van der Waals surface area contributed by atoms with Gasteiger partial charge in [0.25, 0.3) is 0 Å². The van der Waals surface area contributed by atoms with E-state index in [4.69, 9.17) is 4.52 Å². The zero-order valence-electron chi connectivity index (χ0n) is 11.3. The first-order chi connectivity index (χ1) is 9.70. The lowest BCUT2D eigenvalue weighted by molar-refractivity contribution is 0.215. The van der Waals surface area contributed by atoms with Crippen LogP contribution >= 0.6 is 0 Å². The summed E-state index contributed by atoms with van der Waals surface area (Å²) in [6.45, 7) is 5.92. The largest absolute Gasteiger partial charge is 0.369 e. The molecule has 0 amide bonds. The van der Waals surface area contributed by atoms with Crippen molar-refractivity contribution in [2.75, 3.05) is 31.1 Å². The second-order valence-electron chi connectivity index (χ2n) is 4.84. The monoisotopic (exact) mass is 277 g/mol. The van der Waals surface area contributed by atoms with Crippen LogP contribution in [0.1, 0.15) is 11.7 Å². The summed E-state index contributed by atoms with van der Waals surface area (Å²) in [5.74, 6) is 0.864. The highest BCUT2D eigenvalue weighted by atomic mass is 19.1. The Hall–Kier alpha value is -2.02. The summed E-state index contributed by atoms with van der Waals surface area (Å²) >= 11 is 0. The first-order valence-corrected chi connectivity index (χ1v) is 6.59. The smallest absolute Gasteiger partial charge is 0.240 e. The van der Waals surface area contributed by atoms with Crippen molar-refractivity contribution in [3.63, 3.8) is 0 Å². The van der Waals surface area contributed by atoms with E-state index in [1.165, 1.54) is 12.3 Å². The minimum atomic E-state index is -0.439. The number of aromatic nitrogens is 3. The molecule has 3 heterocycles. The highest BCUT2D eigenvalue weighted by Crippen LogP contribution is 2.17. The molecule has 0 N–H and O–H groups in total. The van der Waals surface area contributed by atoms with Crippen LogP contribution in [-0.4, -0.2) is 46.2 Å². The molecule has 6 nitrogen and oxygen atoms in total.